The van der Waals surface area contributed by atoms with Crippen molar-refractivity contribution < 1.29 is 4.42 Å². The number of para-hydroxylation sites is 2. The minimum atomic E-state index is -0.347. The van der Waals surface area contributed by atoms with Gasteiger partial charge in [0.1, 0.15) is 11.2 Å². The number of anilines is 3. The Morgan fingerprint density at radius 3 is 1.85 bits per heavy atom. The number of furan rings is 1. The predicted octanol–water partition coefficient (Wildman–Crippen LogP) is 17.4. The van der Waals surface area contributed by atoms with Crippen LogP contribution in [0.15, 0.2) is 217 Å². The monoisotopic (exact) mass is 868 g/mol. The molecule has 3 nitrogen and oxygen atoms in total. The molecule has 1 aliphatic heterocycles. The molecule has 0 amide bonds. The van der Waals surface area contributed by atoms with E-state index in [1.807, 2.05) is 6.07 Å². The first-order valence-corrected chi connectivity index (χ1v) is 23.8. The summed E-state index contributed by atoms with van der Waals surface area (Å²) in [6.45, 7) is 7.17. The van der Waals surface area contributed by atoms with Gasteiger partial charge in [0.05, 0.1) is 22.4 Å². The van der Waals surface area contributed by atoms with E-state index in [9.17, 15) is 0 Å². The van der Waals surface area contributed by atoms with Gasteiger partial charge in [0.2, 0.25) is 0 Å². The third-order valence-electron chi connectivity index (χ3n) is 16.0. The van der Waals surface area contributed by atoms with Gasteiger partial charge in [0.15, 0.2) is 0 Å². The van der Waals surface area contributed by atoms with Gasteiger partial charge in [-0.05, 0) is 164 Å². The van der Waals surface area contributed by atoms with Crippen molar-refractivity contribution in [3.63, 3.8) is 0 Å². The van der Waals surface area contributed by atoms with Gasteiger partial charge < -0.3 is 13.9 Å². The Morgan fingerprint density at radius 2 is 1.00 bits per heavy atom. The van der Waals surface area contributed by atoms with Crippen LogP contribution in [0.4, 0.5) is 17.1 Å². The van der Waals surface area contributed by atoms with Gasteiger partial charge in [-0.15, -0.1) is 0 Å². The summed E-state index contributed by atoms with van der Waals surface area (Å²) in [4.78, 5) is 2.49. The van der Waals surface area contributed by atoms with Crippen LogP contribution in [-0.4, -0.2) is 4.57 Å². The van der Waals surface area contributed by atoms with E-state index in [1.54, 1.807) is 0 Å². The molecule has 15 rings (SSSR count). The third-order valence-corrected chi connectivity index (χ3v) is 16.0. The van der Waals surface area contributed by atoms with Crippen LogP contribution >= 0.6 is 0 Å². The molecule has 10 aromatic carbocycles. The van der Waals surface area contributed by atoms with Gasteiger partial charge in [-0.25, -0.2) is 0 Å². The molecule has 320 valence electrons. The van der Waals surface area contributed by atoms with E-state index < -0.39 is 0 Å². The van der Waals surface area contributed by atoms with Crippen LogP contribution in [0.2, 0.25) is 0 Å². The van der Waals surface area contributed by atoms with Crippen LogP contribution < -0.4 is 4.90 Å². The fourth-order valence-corrected chi connectivity index (χ4v) is 12.7. The number of fused-ring (bicyclic) bond motifs is 14. The Bertz CT molecular complexity index is 4130. The zero-order valence-electron chi connectivity index (χ0n) is 38.0. The summed E-state index contributed by atoms with van der Waals surface area (Å²) in [5.74, 6) is 0. The SMILES string of the molecule is CC1(C)c2ccccc2-c2cc3c4cc(-c5ccc(N6c7ccc(-c8ccc9c(c8)oc8ccccc89)cc7C7(C)c8ccccc8-c8cccc6c87)cc5)ccc4n(-c4ccccc4)c3cc21. The van der Waals surface area contributed by atoms with Crippen molar-refractivity contribution in [2.75, 3.05) is 4.90 Å². The highest BCUT2D eigenvalue weighted by molar-refractivity contribution is 6.13. The number of benzene rings is 10. The summed E-state index contributed by atoms with van der Waals surface area (Å²) < 4.78 is 8.85. The molecule has 0 N–H and O–H groups in total. The first-order valence-electron chi connectivity index (χ1n) is 23.8. The van der Waals surface area contributed by atoms with Crippen LogP contribution in [0.1, 0.15) is 48.6 Å². The molecule has 0 fully saturated rings. The van der Waals surface area contributed by atoms with Crippen molar-refractivity contribution >= 4 is 60.8 Å². The fourth-order valence-electron chi connectivity index (χ4n) is 12.7. The maximum Gasteiger partial charge on any atom is 0.136 e. The van der Waals surface area contributed by atoms with Crippen LogP contribution in [0, 0.1) is 0 Å². The predicted molar refractivity (Wildman–Crippen MR) is 282 cm³/mol. The molecule has 3 aliphatic rings. The largest absolute Gasteiger partial charge is 0.456 e. The van der Waals surface area contributed by atoms with Gasteiger partial charge in [-0.1, -0.05) is 141 Å². The number of nitrogens with zero attached hydrogens (tertiary/aromatic N) is 2. The Morgan fingerprint density at radius 1 is 0.353 bits per heavy atom. The number of aromatic nitrogens is 1. The highest BCUT2D eigenvalue weighted by Crippen LogP contribution is 2.62. The van der Waals surface area contributed by atoms with Gasteiger partial charge in [0, 0.05) is 43.7 Å². The molecule has 2 aromatic heterocycles. The smallest absolute Gasteiger partial charge is 0.136 e. The molecule has 68 heavy (non-hydrogen) atoms. The van der Waals surface area contributed by atoms with E-state index in [0.29, 0.717) is 0 Å². The van der Waals surface area contributed by atoms with E-state index in [0.717, 1.165) is 33.2 Å². The molecule has 0 saturated carbocycles. The summed E-state index contributed by atoms with van der Waals surface area (Å²) in [5.41, 5.74) is 25.4. The highest BCUT2D eigenvalue weighted by atomic mass is 16.3. The Hall–Kier alpha value is -8.40. The summed E-state index contributed by atoms with van der Waals surface area (Å²) in [5, 5.41) is 4.83. The molecule has 0 radical (unpaired) electrons. The second-order valence-corrected chi connectivity index (χ2v) is 19.8. The molecule has 0 bridgehead atoms. The van der Waals surface area contributed by atoms with Crippen molar-refractivity contribution in [1.82, 2.24) is 4.57 Å². The average Bonchev–Trinajstić information content (AvgIpc) is 4.07. The zero-order valence-corrected chi connectivity index (χ0v) is 38.0. The molecule has 0 saturated heterocycles. The topological polar surface area (TPSA) is 21.3 Å². The van der Waals surface area contributed by atoms with Crippen molar-refractivity contribution in [2.45, 2.75) is 31.6 Å². The van der Waals surface area contributed by atoms with Crippen LogP contribution in [0.25, 0.3) is 93.9 Å². The minimum Gasteiger partial charge on any atom is -0.456 e. The first-order chi connectivity index (χ1) is 33.3. The summed E-state index contributed by atoms with van der Waals surface area (Å²) >= 11 is 0. The van der Waals surface area contributed by atoms with Gasteiger partial charge in [-0.3, -0.25) is 0 Å². The second kappa shape index (κ2) is 13.4. The highest BCUT2D eigenvalue weighted by Gasteiger charge is 2.48. The summed E-state index contributed by atoms with van der Waals surface area (Å²) in [6.07, 6.45) is 0. The van der Waals surface area contributed by atoms with E-state index in [2.05, 4.69) is 236 Å². The maximum atomic E-state index is 6.39. The standard InChI is InChI=1S/C65H44N2O/c1-64(2)53-20-10-7-17-46(53)50-37-52-51-34-40(27-32-57(51)66(60(52)38-55(50)64)43-14-5-4-6-15-43)39-24-29-44(30-25-39)67-58-33-28-41(42-26-31-48-47-18-9-12-23-61(47)68-62(48)36-42)35-56(58)65(3)54-21-11-8-16-45(54)49-19-13-22-59(67)63(49)65/h4-38H,1-3H3. The van der Waals surface area contributed by atoms with E-state index >= 15 is 0 Å². The Labute approximate surface area is 394 Å². The number of hydrogen-bond acceptors (Lipinski definition) is 2. The Kier molecular flexibility index (Phi) is 7.43. The second-order valence-electron chi connectivity index (χ2n) is 19.8. The molecule has 3 heterocycles. The van der Waals surface area contributed by atoms with E-state index in [1.165, 1.54) is 106 Å². The van der Waals surface area contributed by atoms with E-state index in [-0.39, 0.29) is 10.8 Å². The van der Waals surface area contributed by atoms with Crippen LogP contribution in [-0.2, 0) is 10.8 Å². The zero-order chi connectivity index (χ0) is 45.0. The van der Waals surface area contributed by atoms with Crippen LogP contribution in [0.3, 0.4) is 0 Å². The molecule has 2 aliphatic carbocycles. The van der Waals surface area contributed by atoms with Crippen molar-refractivity contribution in [1.29, 1.82) is 0 Å². The number of hydrogen-bond donors (Lipinski definition) is 0. The van der Waals surface area contributed by atoms with Gasteiger partial charge in [-0.2, -0.15) is 0 Å². The molecular weight excluding hydrogens is 825 g/mol. The molecule has 3 heteroatoms. The number of rotatable bonds is 4. The lowest BCUT2D eigenvalue weighted by Crippen LogP contribution is -2.32. The normalized spacial score (nSPS) is 16.0. The summed E-state index contributed by atoms with van der Waals surface area (Å²) in [7, 11) is 0. The minimum absolute atomic E-state index is 0.0876. The lowest BCUT2D eigenvalue weighted by atomic mass is 9.70. The molecule has 12 aromatic rings. The van der Waals surface area contributed by atoms with Crippen LogP contribution in [0.5, 0.6) is 0 Å². The van der Waals surface area contributed by atoms with Gasteiger partial charge in [0.25, 0.3) is 0 Å². The lowest BCUT2D eigenvalue weighted by molar-refractivity contribution is 0.661. The maximum absolute atomic E-state index is 6.39. The van der Waals surface area contributed by atoms with Crippen molar-refractivity contribution in [3.05, 3.63) is 240 Å². The quantitative estimate of drug-likeness (QED) is 0.176. The molecule has 0 spiro atoms. The molecule has 1 unspecified atom stereocenters. The van der Waals surface area contributed by atoms with Gasteiger partial charge >= 0.3 is 0 Å². The summed E-state index contributed by atoms with van der Waals surface area (Å²) in [6, 6.07) is 78.9. The Balaban J connectivity index is 0.878. The molecular formula is C65H44N2O. The molecule has 1 atom stereocenters. The fraction of sp³-hybridized carbons (Fsp3) is 0.0769. The third kappa shape index (κ3) is 4.92. The first kappa shape index (κ1) is 37.8. The lowest BCUT2D eigenvalue weighted by Gasteiger charge is -2.42. The van der Waals surface area contributed by atoms with Crippen molar-refractivity contribution in [3.8, 4) is 50.2 Å². The van der Waals surface area contributed by atoms with Crippen molar-refractivity contribution in [2.24, 2.45) is 0 Å². The van der Waals surface area contributed by atoms with E-state index in [4.69, 9.17) is 4.42 Å². The average molecular weight is 869 g/mol.